The molecular formula is C15H30. The predicted octanol–water partition coefficient (Wildman–Crippen LogP) is 5.56. The molecule has 0 aromatic rings. The Bertz CT molecular complexity index is 111. The third-order valence-corrected chi connectivity index (χ3v) is 3.97. The Kier molecular flexibility index (Phi) is 7.13. The smallest absolute Gasteiger partial charge is 0.0386 e. The van der Waals surface area contributed by atoms with Crippen LogP contribution in [0.25, 0.3) is 0 Å². The lowest BCUT2D eigenvalue weighted by atomic mass is 9.73. The van der Waals surface area contributed by atoms with Gasteiger partial charge < -0.3 is 0 Å². The van der Waals surface area contributed by atoms with Gasteiger partial charge in [0, 0.05) is 0 Å². The number of hydrogen-bond acceptors (Lipinski definition) is 0. The van der Waals surface area contributed by atoms with Crippen molar-refractivity contribution in [2.24, 2.45) is 11.8 Å². The lowest BCUT2D eigenvalue weighted by Crippen LogP contribution is -2.20. The van der Waals surface area contributed by atoms with E-state index in [1.165, 1.54) is 44.9 Å². The molecule has 0 atom stereocenters. The molecule has 0 saturated heterocycles. The van der Waals surface area contributed by atoms with Crippen molar-refractivity contribution >= 4 is 0 Å². The van der Waals surface area contributed by atoms with Crippen molar-refractivity contribution in [2.75, 3.05) is 0 Å². The molecule has 0 spiro atoms. The average Bonchev–Trinajstić information content (AvgIpc) is 2.32. The van der Waals surface area contributed by atoms with Gasteiger partial charge in [0.2, 0.25) is 0 Å². The van der Waals surface area contributed by atoms with Crippen LogP contribution in [0.15, 0.2) is 0 Å². The van der Waals surface area contributed by atoms with Crippen LogP contribution in [0.5, 0.6) is 0 Å². The van der Waals surface area contributed by atoms with Crippen molar-refractivity contribution in [2.45, 2.75) is 84.5 Å². The molecule has 0 aromatic heterocycles. The molecule has 0 aliphatic heterocycles. The highest BCUT2D eigenvalue weighted by atomic mass is 14.3. The van der Waals surface area contributed by atoms with E-state index >= 15 is 0 Å². The van der Waals surface area contributed by atoms with Crippen LogP contribution in [-0.2, 0) is 0 Å². The summed E-state index contributed by atoms with van der Waals surface area (Å²) in [7, 11) is 0. The maximum atomic E-state index is 2.12. The molecule has 2 rings (SSSR count). The van der Waals surface area contributed by atoms with Gasteiger partial charge in [-0.1, -0.05) is 84.5 Å². The average molecular weight is 210 g/mol. The summed E-state index contributed by atoms with van der Waals surface area (Å²) in [6, 6.07) is 0. The quantitative estimate of drug-likeness (QED) is 0.531. The molecule has 0 heteroatoms. The van der Waals surface area contributed by atoms with E-state index in [1.54, 1.807) is 25.7 Å². The standard InChI is InChI=1S/C12H22.C3H8/c1-3-7-11(8-4-1)12-9-5-2-6-10-12;1-3-2/h11-12H,1-10H2;3H2,1-2H3. The van der Waals surface area contributed by atoms with Gasteiger partial charge in [0.25, 0.3) is 0 Å². The first-order valence-corrected chi connectivity index (χ1v) is 7.38. The summed E-state index contributed by atoms with van der Waals surface area (Å²) in [5, 5.41) is 0. The van der Waals surface area contributed by atoms with Crippen molar-refractivity contribution < 1.29 is 0 Å². The van der Waals surface area contributed by atoms with Gasteiger partial charge in [0.05, 0.1) is 0 Å². The van der Waals surface area contributed by atoms with Crippen molar-refractivity contribution in [3.05, 3.63) is 0 Å². The van der Waals surface area contributed by atoms with E-state index < -0.39 is 0 Å². The summed E-state index contributed by atoms with van der Waals surface area (Å²) in [6.45, 7) is 4.25. The predicted molar refractivity (Wildman–Crippen MR) is 69.1 cm³/mol. The summed E-state index contributed by atoms with van der Waals surface area (Å²) < 4.78 is 0. The van der Waals surface area contributed by atoms with Crippen LogP contribution in [-0.4, -0.2) is 0 Å². The lowest BCUT2D eigenvalue weighted by Gasteiger charge is -2.32. The van der Waals surface area contributed by atoms with Crippen LogP contribution in [0.4, 0.5) is 0 Å². The second-order valence-electron chi connectivity index (χ2n) is 5.50. The van der Waals surface area contributed by atoms with Gasteiger partial charge in [-0.3, -0.25) is 0 Å². The first kappa shape index (κ1) is 13.1. The van der Waals surface area contributed by atoms with Crippen molar-refractivity contribution in [1.82, 2.24) is 0 Å². The van der Waals surface area contributed by atoms with E-state index in [2.05, 4.69) is 13.8 Å². The van der Waals surface area contributed by atoms with E-state index in [0.29, 0.717) is 0 Å². The summed E-state index contributed by atoms with van der Waals surface area (Å²) in [5.74, 6) is 2.28. The summed E-state index contributed by atoms with van der Waals surface area (Å²) in [5.41, 5.74) is 0. The van der Waals surface area contributed by atoms with Crippen LogP contribution in [0, 0.1) is 11.8 Å². The second kappa shape index (κ2) is 8.19. The van der Waals surface area contributed by atoms with Gasteiger partial charge in [0.1, 0.15) is 0 Å². The second-order valence-corrected chi connectivity index (χ2v) is 5.50. The summed E-state index contributed by atoms with van der Waals surface area (Å²) >= 11 is 0. The Morgan fingerprint density at radius 3 is 1.13 bits per heavy atom. The van der Waals surface area contributed by atoms with Crippen molar-refractivity contribution in [3.8, 4) is 0 Å². The summed E-state index contributed by atoms with van der Waals surface area (Å²) in [4.78, 5) is 0. The molecular weight excluding hydrogens is 180 g/mol. The zero-order valence-corrected chi connectivity index (χ0v) is 10.9. The van der Waals surface area contributed by atoms with E-state index in [-0.39, 0.29) is 0 Å². The highest BCUT2D eigenvalue weighted by molar-refractivity contribution is 4.76. The van der Waals surface area contributed by atoms with Gasteiger partial charge >= 0.3 is 0 Å². The normalized spacial score (nSPS) is 24.4. The van der Waals surface area contributed by atoms with Crippen LogP contribution in [0.3, 0.4) is 0 Å². The van der Waals surface area contributed by atoms with Gasteiger partial charge in [-0.25, -0.2) is 0 Å². The van der Waals surface area contributed by atoms with Crippen LogP contribution in [0.2, 0.25) is 0 Å². The fraction of sp³-hybridized carbons (Fsp3) is 1.00. The van der Waals surface area contributed by atoms with Crippen LogP contribution in [0.1, 0.15) is 84.5 Å². The van der Waals surface area contributed by atoms with E-state index in [4.69, 9.17) is 0 Å². The molecule has 2 aliphatic rings. The van der Waals surface area contributed by atoms with Crippen LogP contribution < -0.4 is 0 Å². The fourth-order valence-corrected chi connectivity index (χ4v) is 3.21. The maximum Gasteiger partial charge on any atom is -0.0386 e. The number of hydrogen-bond donors (Lipinski definition) is 0. The largest absolute Gasteiger partial charge is 0.0656 e. The molecule has 0 radical (unpaired) electrons. The third kappa shape index (κ3) is 5.04. The van der Waals surface area contributed by atoms with E-state index in [1.807, 2.05) is 0 Å². The molecule has 0 bridgehead atoms. The van der Waals surface area contributed by atoms with E-state index in [9.17, 15) is 0 Å². The Hall–Kier alpha value is 0. The maximum absolute atomic E-state index is 2.12. The van der Waals surface area contributed by atoms with Crippen LogP contribution >= 0.6 is 0 Å². The monoisotopic (exact) mass is 210 g/mol. The van der Waals surface area contributed by atoms with Gasteiger partial charge in [-0.05, 0) is 11.8 Å². The van der Waals surface area contributed by atoms with Gasteiger partial charge in [0.15, 0.2) is 0 Å². The molecule has 15 heavy (non-hydrogen) atoms. The Morgan fingerprint density at radius 1 is 0.600 bits per heavy atom. The van der Waals surface area contributed by atoms with Crippen molar-refractivity contribution in [3.63, 3.8) is 0 Å². The Labute approximate surface area is 96.8 Å². The zero-order valence-electron chi connectivity index (χ0n) is 10.9. The summed E-state index contributed by atoms with van der Waals surface area (Å²) in [6.07, 6.45) is 16.6. The first-order valence-electron chi connectivity index (χ1n) is 7.38. The molecule has 2 aliphatic carbocycles. The molecule has 90 valence electrons. The topological polar surface area (TPSA) is 0 Å². The SMILES string of the molecule is C1CCC(C2CCCCC2)CC1.CCC. The minimum Gasteiger partial charge on any atom is -0.0656 e. The molecule has 2 fully saturated rings. The zero-order chi connectivity index (χ0) is 10.9. The molecule has 0 N–H and O–H groups in total. The van der Waals surface area contributed by atoms with E-state index in [0.717, 1.165) is 11.8 Å². The van der Waals surface area contributed by atoms with Crippen molar-refractivity contribution in [1.29, 1.82) is 0 Å². The molecule has 0 unspecified atom stereocenters. The fourth-order valence-electron chi connectivity index (χ4n) is 3.21. The van der Waals surface area contributed by atoms with Gasteiger partial charge in [-0.15, -0.1) is 0 Å². The third-order valence-electron chi connectivity index (χ3n) is 3.97. The molecule has 0 heterocycles. The highest BCUT2D eigenvalue weighted by Crippen LogP contribution is 2.37. The molecule has 0 nitrogen and oxygen atoms in total. The lowest BCUT2D eigenvalue weighted by molar-refractivity contribution is 0.196. The Morgan fingerprint density at radius 2 is 0.867 bits per heavy atom. The van der Waals surface area contributed by atoms with Gasteiger partial charge in [-0.2, -0.15) is 0 Å². The molecule has 0 amide bonds. The first-order chi connectivity index (χ1) is 7.38. The minimum absolute atomic E-state index is 1.14. The molecule has 0 aromatic carbocycles. The highest BCUT2D eigenvalue weighted by Gasteiger charge is 2.24. The number of rotatable bonds is 1. The molecule has 2 saturated carbocycles. The minimum atomic E-state index is 1.14. The Balaban J connectivity index is 0.000000337.